The Balaban J connectivity index is 2.54. The number of rotatable bonds is 5. The van der Waals surface area contributed by atoms with Crippen LogP contribution in [0.25, 0.3) is 0 Å². The highest BCUT2D eigenvalue weighted by Crippen LogP contribution is 1.95. The number of H-pyrrole nitrogens is 1. The van der Waals surface area contributed by atoms with E-state index in [1.165, 1.54) is 18.3 Å². The van der Waals surface area contributed by atoms with Gasteiger partial charge in [0.25, 0.3) is 5.91 Å². The predicted molar refractivity (Wildman–Crippen MR) is 71.8 cm³/mol. The minimum absolute atomic E-state index is 0.230. The van der Waals surface area contributed by atoms with E-state index in [-0.39, 0.29) is 11.5 Å². The van der Waals surface area contributed by atoms with E-state index < -0.39 is 11.9 Å². The van der Waals surface area contributed by atoms with Gasteiger partial charge < -0.3 is 15.6 Å². The average Bonchev–Trinajstić information content (AvgIpc) is 2.36. The lowest BCUT2D eigenvalue weighted by atomic mass is 10.2. The number of carbonyl (C=O) groups is 2. The van der Waals surface area contributed by atoms with Gasteiger partial charge in [0.1, 0.15) is 6.04 Å². The largest absolute Gasteiger partial charge is 0.354 e. The van der Waals surface area contributed by atoms with Crippen LogP contribution in [0.1, 0.15) is 31.1 Å². The summed E-state index contributed by atoms with van der Waals surface area (Å²) in [4.78, 5) is 36.8. The van der Waals surface area contributed by atoms with Crippen LogP contribution in [0.3, 0.4) is 0 Å². The Kier molecular flexibility index (Phi) is 5.29. The summed E-state index contributed by atoms with van der Waals surface area (Å²) in [7, 11) is 0. The molecule has 19 heavy (non-hydrogen) atoms. The SMILES string of the molecule is CC(C)CNC(=O)C(C)NC(=O)c1ccc(=O)[nH]c1. The van der Waals surface area contributed by atoms with Crippen molar-refractivity contribution in [3.05, 3.63) is 34.2 Å². The molecule has 3 N–H and O–H groups in total. The molecule has 0 aliphatic carbocycles. The van der Waals surface area contributed by atoms with Crippen LogP contribution < -0.4 is 16.2 Å². The zero-order chi connectivity index (χ0) is 14.4. The van der Waals surface area contributed by atoms with Crippen LogP contribution in [0, 0.1) is 5.92 Å². The van der Waals surface area contributed by atoms with Crippen molar-refractivity contribution in [2.75, 3.05) is 6.54 Å². The van der Waals surface area contributed by atoms with Crippen molar-refractivity contribution in [1.82, 2.24) is 15.6 Å². The molecule has 6 nitrogen and oxygen atoms in total. The number of aromatic nitrogens is 1. The lowest BCUT2D eigenvalue weighted by molar-refractivity contribution is -0.122. The first kappa shape index (κ1) is 14.9. The molecule has 0 bridgehead atoms. The van der Waals surface area contributed by atoms with Crippen molar-refractivity contribution in [2.24, 2.45) is 5.92 Å². The molecule has 0 spiro atoms. The number of hydrogen-bond donors (Lipinski definition) is 3. The second-order valence-corrected chi connectivity index (χ2v) is 4.78. The average molecular weight is 265 g/mol. The Bertz CT molecular complexity index is 488. The molecule has 0 radical (unpaired) electrons. The van der Waals surface area contributed by atoms with Gasteiger partial charge >= 0.3 is 0 Å². The molecule has 1 rings (SSSR count). The summed E-state index contributed by atoms with van der Waals surface area (Å²) in [5.74, 6) is -0.277. The lowest BCUT2D eigenvalue weighted by Gasteiger charge is -2.15. The smallest absolute Gasteiger partial charge is 0.253 e. The maximum absolute atomic E-state index is 11.8. The quantitative estimate of drug-likeness (QED) is 0.713. The summed E-state index contributed by atoms with van der Waals surface area (Å²) in [6.07, 6.45) is 1.32. The van der Waals surface area contributed by atoms with Crippen LogP contribution in [-0.4, -0.2) is 29.4 Å². The highest BCUT2D eigenvalue weighted by atomic mass is 16.2. The van der Waals surface area contributed by atoms with E-state index in [0.717, 1.165) is 0 Å². The van der Waals surface area contributed by atoms with Gasteiger partial charge in [-0.2, -0.15) is 0 Å². The summed E-state index contributed by atoms with van der Waals surface area (Å²) >= 11 is 0. The Labute approximate surface area is 111 Å². The van der Waals surface area contributed by atoms with Crippen LogP contribution in [0.5, 0.6) is 0 Å². The van der Waals surface area contributed by atoms with E-state index in [1.807, 2.05) is 13.8 Å². The highest BCUT2D eigenvalue weighted by molar-refractivity contribution is 5.97. The standard InChI is InChI=1S/C13H19N3O3/c1-8(2)6-15-12(18)9(3)16-13(19)10-4-5-11(17)14-7-10/h4-5,7-9H,6H2,1-3H3,(H,14,17)(H,15,18)(H,16,19). The maximum Gasteiger partial charge on any atom is 0.253 e. The molecule has 0 aromatic carbocycles. The Hall–Kier alpha value is -2.11. The van der Waals surface area contributed by atoms with Gasteiger partial charge in [0.2, 0.25) is 11.5 Å². The third-order valence-corrected chi connectivity index (χ3v) is 2.47. The minimum atomic E-state index is -0.627. The Morgan fingerprint density at radius 3 is 2.47 bits per heavy atom. The molecule has 0 saturated carbocycles. The molecule has 1 atom stereocenters. The molecule has 0 fully saturated rings. The van der Waals surface area contributed by atoms with Gasteiger partial charge in [-0.25, -0.2) is 0 Å². The third-order valence-electron chi connectivity index (χ3n) is 2.47. The van der Waals surface area contributed by atoms with Gasteiger partial charge in [0.05, 0.1) is 5.56 Å². The zero-order valence-electron chi connectivity index (χ0n) is 11.3. The second-order valence-electron chi connectivity index (χ2n) is 4.78. The summed E-state index contributed by atoms with van der Waals surface area (Å²) in [5, 5.41) is 5.30. The second kappa shape index (κ2) is 6.72. The van der Waals surface area contributed by atoms with Gasteiger partial charge in [-0.3, -0.25) is 14.4 Å². The van der Waals surface area contributed by atoms with Gasteiger partial charge in [-0.1, -0.05) is 13.8 Å². The Morgan fingerprint density at radius 1 is 1.26 bits per heavy atom. The van der Waals surface area contributed by atoms with Crippen LogP contribution in [0.2, 0.25) is 0 Å². The van der Waals surface area contributed by atoms with E-state index in [0.29, 0.717) is 18.0 Å². The molecule has 6 heteroatoms. The lowest BCUT2D eigenvalue weighted by Crippen LogP contribution is -2.45. The number of carbonyl (C=O) groups excluding carboxylic acids is 2. The summed E-state index contributed by atoms with van der Waals surface area (Å²) in [5.41, 5.74) is 0.0300. The molecule has 1 aromatic heterocycles. The number of pyridine rings is 1. The van der Waals surface area contributed by atoms with Crippen molar-refractivity contribution in [3.63, 3.8) is 0 Å². The van der Waals surface area contributed by atoms with Crippen molar-refractivity contribution >= 4 is 11.8 Å². The number of aromatic amines is 1. The summed E-state index contributed by atoms with van der Waals surface area (Å²) in [6, 6.07) is 2.05. The number of hydrogen-bond acceptors (Lipinski definition) is 3. The minimum Gasteiger partial charge on any atom is -0.354 e. The first-order valence-corrected chi connectivity index (χ1v) is 6.17. The molecule has 1 heterocycles. The van der Waals surface area contributed by atoms with Gasteiger partial charge in [-0.05, 0) is 18.9 Å². The van der Waals surface area contributed by atoms with Gasteiger partial charge in [0, 0.05) is 18.8 Å². The van der Waals surface area contributed by atoms with Crippen LogP contribution in [0.4, 0.5) is 0 Å². The van der Waals surface area contributed by atoms with Crippen LogP contribution >= 0.6 is 0 Å². The van der Waals surface area contributed by atoms with E-state index in [1.54, 1.807) is 6.92 Å². The molecular formula is C13H19N3O3. The van der Waals surface area contributed by atoms with Crippen molar-refractivity contribution in [3.8, 4) is 0 Å². The first-order valence-electron chi connectivity index (χ1n) is 6.17. The molecule has 0 aliphatic heterocycles. The monoisotopic (exact) mass is 265 g/mol. The topological polar surface area (TPSA) is 91.1 Å². The zero-order valence-corrected chi connectivity index (χ0v) is 11.3. The van der Waals surface area contributed by atoms with Crippen molar-refractivity contribution < 1.29 is 9.59 Å². The van der Waals surface area contributed by atoms with Crippen molar-refractivity contribution in [1.29, 1.82) is 0 Å². The molecule has 104 valence electrons. The molecule has 0 aliphatic rings. The third kappa shape index (κ3) is 4.95. The highest BCUT2D eigenvalue weighted by Gasteiger charge is 2.16. The fourth-order valence-corrected chi connectivity index (χ4v) is 1.36. The number of nitrogens with one attached hydrogen (secondary N) is 3. The molecular weight excluding hydrogens is 246 g/mol. The van der Waals surface area contributed by atoms with Gasteiger partial charge in [0.15, 0.2) is 0 Å². The van der Waals surface area contributed by atoms with E-state index in [2.05, 4.69) is 15.6 Å². The fourth-order valence-electron chi connectivity index (χ4n) is 1.36. The van der Waals surface area contributed by atoms with E-state index in [4.69, 9.17) is 0 Å². The number of amides is 2. The summed E-state index contributed by atoms with van der Waals surface area (Å²) in [6.45, 7) is 6.16. The molecule has 1 unspecified atom stereocenters. The van der Waals surface area contributed by atoms with Crippen molar-refractivity contribution in [2.45, 2.75) is 26.8 Å². The first-order chi connectivity index (χ1) is 8.90. The maximum atomic E-state index is 11.8. The normalized spacial score (nSPS) is 12.0. The predicted octanol–water partition coefficient (Wildman–Crippen LogP) is 0.265. The van der Waals surface area contributed by atoms with Crippen LogP contribution in [-0.2, 0) is 4.79 Å². The Morgan fingerprint density at radius 2 is 1.95 bits per heavy atom. The van der Waals surface area contributed by atoms with E-state index in [9.17, 15) is 14.4 Å². The molecule has 0 saturated heterocycles. The summed E-state index contributed by atoms with van der Waals surface area (Å²) < 4.78 is 0. The molecule has 2 amide bonds. The van der Waals surface area contributed by atoms with Gasteiger partial charge in [-0.15, -0.1) is 0 Å². The molecule has 1 aromatic rings. The fraction of sp³-hybridized carbons (Fsp3) is 0.462. The van der Waals surface area contributed by atoms with Crippen LogP contribution in [0.15, 0.2) is 23.1 Å². The van der Waals surface area contributed by atoms with E-state index >= 15 is 0 Å².